The van der Waals surface area contributed by atoms with Gasteiger partial charge in [0.1, 0.15) is 0 Å². The Kier molecular flexibility index (Phi) is 4.34. The number of carbonyl (C=O) groups is 1. The van der Waals surface area contributed by atoms with Crippen LogP contribution in [0.25, 0.3) is 0 Å². The minimum absolute atomic E-state index is 0.367. The molecular weight excluding hydrogens is 280 g/mol. The van der Waals surface area contributed by atoms with E-state index >= 15 is 0 Å². The van der Waals surface area contributed by atoms with Crippen LogP contribution in [0.5, 0.6) is 0 Å². The molecule has 0 spiro atoms. The number of aromatic nitrogens is 1. The Hall–Kier alpha value is -0.900. The number of nitrogens with zero attached hydrogens (tertiary/aromatic N) is 2. The van der Waals surface area contributed by atoms with Gasteiger partial charge in [-0.2, -0.15) is 0 Å². The van der Waals surface area contributed by atoms with Crippen molar-refractivity contribution in [2.75, 3.05) is 18.5 Å². The van der Waals surface area contributed by atoms with Gasteiger partial charge in [0.05, 0.1) is 10.6 Å². The van der Waals surface area contributed by atoms with Gasteiger partial charge >= 0.3 is 0 Å². The minimum atomic E-state index is 0.367. The van der Waals surface area contributed by atoms with Gasteiger partial charge in [0.2, 0.25) is 0 Å². The third kappa shape index (κ3) is 2.87. The summed E-state index contributed by atoms with van der Waals surface area (Å²) in [7, 11) is 2.14. The van der Waals surface area contributed by atoms with Crippen LogP contribution in [-0.2, 0) is 0 Å². The van der Waals surface area contributed by atoms with E-state index in [1.807, 2.05) is 0 Å². The summed E-state index contributed by atoms with van der Waals surface area (Å²) in [4.78, 5) is 19.2. The second kappa shape index (κ2) is 6.07. The summed E-state index contributed by atoms with van der Waals surface area (Å²) in [5.74, 6) is 3.14. The van der Waals surface area contributed by atoms with Crippen molar-refractivity contribution < 1.29 is 4.79 Å². The van der Waals surface area contributed by atoms with Gasteiger partial charge in [0.15, 0.2) is 11.4 Å². The third-order valence-corrected chi connectivity index (χ3v) is 6.69. The van der Waals surface area contributed by atoms with Crippen molar-refractivity contribution in [1.29, 1.82) is 0 Å². The first-order valence-electron chi connectivity index (χ1n) is 8.29. The minimum Gasteiger partial charge on any atom is -0.351 e. The monoisotopic (exact) mass is 306 g/mol. The second-order valence-corrected chi connectivity index (χ2v) is 8.00. The number of aldehydes is 1. The number of fused-ring (bicyclic) bond motifs is 2. The van der Waals surface area contributed by atoms with E-state index in [0.717, 1.165) is 52.7 Å². The highest BCUT2D eigenvalue weighted by molar-refractivity contribution is 7.17. The molecule has 2 fully saturated rings. The number of hydrogen-bond donors (Lipinski definition) is 0. The van der Waals surface area contributed by atoms with Crippen molar-refractivity contribution >= 4 is 22.8 Å². The number of thiazole rings is 1. The van der Waals surface area contributed by atoms with Crippen LogP contribution in [0.4, 0.5) is 5.13 Å². The number of hydrogen-bond acceptors (Lipinski definition) is 4. The average molecular weight is 306 g/mol. The molecule has 2 bridgehead atoms. The van der Waals surface area contributed by atoms with E-state index in [-0.39, 0.29) is 0 Å². The molecule has 0 aromatic carbocycles. The molecule has 1 aromatic heterocycles. The van der Waals surface area contributed by atoms with Crippen molar-refractivity contribution in [2.24, 2.45) is 17.8 Å². The zero-order valence-corrected chi connectivity index (χ0v) is 14.2. The van der Waals surface area contributed by atoms with Gasteiger partial charge in [-0.25, -0.2) is 4.98 Å². The smallest absolute Gasteiger partial charge is 0.185 e. The standard InChI is InChI=1S/C17H26N2OS/c1-4-11(2)16-15(10-20)21-17(18-16)19(3)9-14-8-12-5-6-13(14)7-12/h10-14H,4-9H2,1-3H3. The fourth-order valence-corrected chi connectivity index (χ4v) is 5.13. The van der Waals surface area contributed by atoms with Crippen LogP contribution in [0, 0.1) is 17.8 Å². The van der Waals surface area contributed by atoms with Crippen LogP contribution in [-0.4, -0.2) is 24.9 Å². The van der Waals surface area contributed by atoms with E-state index < -0.39 is 0 Å². The molecule has 116 valence electrons. The molecule has 1 heterocycles. The first-order valence-corrected chi connectivity index (χ1v) is 9.11. The lowest BCUT2D eigenvalue weighted by molar-refractivity contribution is 0.112. The SMILES string of the molecule is CCC(C)c1nc(N(C)CC2CC3CCC2C3)sc1C=O. The molecule has 2 aliphatic rings. The highest BCUT2D eigenvalue weighted by Gasteiger charge is 2.39. The molecule has 4 heteroatoms. The summed E-state index contributed by atoms with van der Waals surface area (Å²) in [6.45, 7) is 5.41. The van der Waals surface area contributed by atoms with Crippen molar-refractivity contribution in [2.45, 2.75) is 51.9 Å². The lowest BCUT2D eigenvalue weighted by Gasteiger charge is -2.26. The summed E-state index contributed by atoms with van der Waals surface area (Å²) in [5.41, 5.74) is 0.993. The summed E-state index contributed by atoms with van der Waals surface area (Å²) in [6, 6.07) is 0. The van der Waals surface area contributed by atoms with Crippen LogP contribution >= 0.6 is 11.3 Å². The van der Waals surface area contributed by atoms with E-state index in [1.165, 1.54) is 25.7 Å². The van der Waals surface area contributed by atoms with E-state index in [2.05, 4.69) is 25.8 Å². The van der Waals surface area contributed by atoms with Gasteiger partial charge in [-0.3, -0.25) is 4.79 Å². The van der Waals surface area contributed by atoms with Crippen molar-refractivity contribution in [1.82, 2.24) is 4.98 Å². The Bertz CT molecular complexity index is 513. The maximum absolute atomic E-state index is 11.3. The maximum atomic E-state index is 11.3. The highest BCUT2D eigenvalue weighted by atomic mass is 32.1. The summed E-state index contributed by atoms with van der Waals surface area (Å²) < 4.78 is 0. The molecule has 2 saturated carbocycles. The van der Waals surface area contributed by atoms with E-state index in [0.29, 0.717) is 5.92 Å². The Labute approximate surface area is 131 Å². The van der Waals surface area contributed by atoms with Crippen molar-refractivity contribution in [3.63, 3.8) is 0 Å². The van der Waals surface area contributed by atoms with Gasteiger partial charge in [-0.1, -0.05) is 31.6 Å². The molecule has 3 rings (SSSR count). The van der Waals surface area contributed by atoms with Crippen LogP contribution in [0.2, 0.25) is 0 Å². The van der Waals surface area contributed by atoms with Crippen LogP contribution < -0.4 is 4.90 Å². The van der Waals surface area contributed by atoms with Gasteiger partial charge in [-0.05, 0) is 49.4 Å². The van der Waals surface area contributed by atoms with E-state index in [4.69, 9.17) is 4.98 Å². The molecule has 1 aromatic rings. The number of carbonyl (C=O) groups excluding carboxylic acids is 1. The molecule has 0 amide bonds. The molecular formula is C17H26N2OS. The van der Waals surface area contributed by atoms with E-state index in [1.54, 1.807) is 11.3 Å². The zero-order valence-electron chi connectivity index (χ0n) is 13.3. The summed E-state index contributed by atoms with van der Waals surface area (Å²) >= 11 is 1.56. The molecule has 3 nitrogen and oxygen atoms in total. The highest BCUT2D eigenvalue weighted by Crippen LogP contribution is 2.48. The first-order chi connectivity index (χ1) is 10.1. The summed E-state index contributed by atoms with van der Waals surface area (Å²) in [5, 5.41) is 1.02. The fourth-order valence-electron chi connectivity index (χ4n) is 4.16. The molecule has 4 unspecified atom stereocenters. The third-order valence-electron chi connectivity index (χ3n) is 5.58. The van der Waals surface area contributed by atoms with Crippen molar-refractivity contribution in [3.8, 4) is 0 Å². The van der Waals surface area contributed by atoms with Crippen LogP contribution in [0.15, 0.2) is 0 Å². The quantitative estimate of drug-likeness (QED) is 0.733. The first kappa shape index (κ1) is 15.0. The zero-order chi connectivity index (χ0) is 15.0. The molecule has 4 atom stereocenters. The Morgan fingerprint density at radius 1 is 1.43 bits per heavy atom. The molecule has 2 aliphatic carbocycles. The van der Waals surface area contributed by atoms with Gasteiger partial charge in [0.25, 0.3) is 0 Å². The normalized spacial score (nSPS) is 28.8. The van der Waals surface area contributed by atoms with Crippen molar-refractivity contribution in [3.05, 3.63) is 10.6 Å². The average Bonchev–Trinajstić information content (AvgIpc) is 3.20. The predicted octanol–water partition coefficient (Wildman–Crippen LogP) is 4.34. The Morgan fingerprint density at radius 3 is 2.81 bits per heavy atom. The molecule has 0 radical (unpaired) electrons. The largest absolute Gasteiger partial charge is 0.351 e. The lowest BCUT2D eigenvalue weighted by atomic mass is 9.88. The van der Waals surface area contributed by atoms with Gasteiger partial charge < -0.3 is 4.90 Å². The lowest BCUT2D eigenvalue weighted by Crippen LogP contribution is -2.28. The number of anilines is 1. The van der Waals surface area contributed by atoms with Gasteiger partial charge in [-0.15, -0.1) is 0 Å². The number of rotatable bonds is 6. The topological polar surface area (TPSA) is 33.2 Å². The maximum Gasteiger partial charge on any atom is 0.185 e. The van der Waals surface area contributed by atoms with Crippen LogP contribution in [0.3, 0.4) is 0 Å². The molecule has 0 N–H and O–H groups in total. The summed E-state index contributed by atoms with van der Waals surface area (Å²) in [6.07, 6.45) is 7.75. The Morgan fingerprint density at radius 2 is 2.24 bits per heavy atom. The second-order valence-electron chi connectivity index (χ2n) is 6.99. The Balaban J connectivity index is 1.71. The molecule has 0 aliphatic heterocycles. The van der Waals surface area contributed by atoms with Gasteiger partial charge in [0, 0.05) is 13.6 Å². The molecule has 21 heavy (non-hydrogen) atoms. The van der Waals surface area contributed by atoms with Crippen LogP contribution in [0.1, 0.15) is 67.2 Å². The fraction of sp³-hybridized carbons (Fsp3) is 0.765. The van der Waals surface area contributed by atoms with E-state index in [9.17, 15) is 4.79 Å². The molecule has 0 saturated heterocycles. The predicted molar refractivity (Wildman–Crippen MR) is 88.4 cm³/mol.